The Morgan fingerprint density at radius 1 is 1.44 bits per heavy atom. The van der Waals surface area contributed by atoms with Crippen molar-refractivity contribution in [3.8, 4) is 17.2 Å². The van der Waals surface area contributed by atoms with Crippen LogP contribution in [0.2, 0.25) is 0 Å². The second kappa shape index (κ2) is 9.32. The van der Waals surface area contributed by atoms with Crippen molar-refractivity contribution in [1.82, 2.24) is 20.4 Å². The Morgan fingerprint density at radius 3 is 2.94 bits per heavy atom. The Balaban J connectivity index is 1.40. The zero-order valence-corrected chi connectivity index (χ0v) is 17.5. The maximum Gasteiger partial charge on any atom is 0.284 e. The van der Waals surface area contributed by atoms with Crippen LogP contribution in [-0.4, -0.2) is 46.3 Å². The predicted molar refractivity (Wildman–Crippen MR) is 114 cm³/mol. The first kappa shape index (κ1) is 21.7. The molecule has 8 nitrogen and oxygen atoms in total. The third-order valence-electron chi connectivity index (χ3n) is 6.09. The number of hydrogen-bond acceptors (Lipinski definition) is 6. The van der Waals surface area contributed by atoms with Crippen molar-refractivity contribution in [1.29, 1.82) is 5.26 Å². The third kappa shape index (κ3) is 4.55. The van der Waals surface area contributed by atoms with Crippen LogP contribution in [0, 0.1) is 23.1 Å². The number of piperidine rings is 1. The Kier molecular flexibility index (Phi) is 6.32. The Labute approximate surface area is 185 Å². The molecule has 2 bridgehead atoms. The molecule has 2 aromatic rings. The standard InChI is InChI=1S/C23H24FN5O3/c1-2-32-13-21(30)29-12-17(11-26-29)14-3-4-15(20(24)9-14)7-19(10-25)28-23(31)22-16-5-6-18(8-16)27-22/h2-4,9,11-12,16,18-19,22,27H,1,5-8,13H2,(H,28,31)/t16-,18+,19-,22-/m0/s1. The second-order valence-corrected chi connectivity index (χ2v) is 8.16. The minimum Gasteiger partial charge on any atom is -0.492 e. The monoisotopic (exact) mass is 437 g/mol. The minimum atomic E-state index is -0.825. The largest absolute Gasteiger partial charge is 0.492 e. The van der Waals surface area contributed by atoms with Crippen LogP contribution in [0.3, 0.4) is 0 Å². The molecule has 1 saturated heterocycles. The number of fused-ring (bicyclic) bond motifs is 2. The van der Waals surface area contributed by atoms with E-state index in [2.05, 4.69) is 28.4 Å². The van der Waals surface area contributed by atoms with Gasteiger partial charge in [-0.25, -0.2) is 9.07 Å². The van der Waals surface area contributed by atoms with E-state index in [0.29, 0.717) is 28.7 Å². The van der Waals surface area contributed by atoms with Gasteiger partial charge in [-0.15, -0.1) is 0 Å². The molecule has 1 aliphatic carbocycles. The van der Waals surface area contributed by atoms with Gasteiger partial charge in [-0.1, -0.05) is 18.7 Å². The van der Waals surface area contributed by atoms with Crippen molar-refractivity contribution in [3.63, 3.8) is 0 Å². The van der Waals surface area contributed by atoms with Crippen molar-refractivity contribution in [2.75, 3.05) is 6.61 Å². The number of halogens is 1. The second-order valence-electron chi connectivity index (χ2n) is 8.16. The molecule has 2 aliphatic rings. The zero-order chi connectivity index (χ0) is 22.7. The first-order valence-corrected chi connectivity index (χ1v) is 10.5. The van der Waals surface area contributed by atoms with Gasteiger partial charge >= 0.3 is 0 Å². The van der Waals surface area contributed by atoms with Crippen molar-refractivity contribution in [3.05, 3.63) is 54.8 Å². The summed E-state index contributed by atoms with van der Waals surface area (Å²) in [5, 5.41) is 19.5. The summed E-state index contributed by atoms with van der Waals surface area (Å²) >= 11 is 0. The third-order valence-corrected chi connectivity index (χ3v) is 6.09. The summed E-state index contributed by atoms with van der Waals surface area (Å²) in [6.45, 7) is 3.18. The number of nitrogens with zero attached hydrogens (tertiary/aromatic N) is 3. The number of amides is 1. The summed E-state index contributed by atoms with van der Waals surface area (Å²) in [4.78, 5) is 24.5. The highest BCUT2D eigenvalue weighted by Gasteiger charge is 2.43. The van der Waals surface area contributed by atoms with Gasteiger partial charge in [-0.2, -0.15) is 10.4 Å². The number of rotatable bonds is 8. The molecule has 1 amide bonds. The molecule has 2 heterocycles. The smallest absolute Gasteiger partial charge is 0.284 e. The number of nitriles is 1. The Hall–Kier alpha value is -3.51. The number of carbonyl (C=O) groups is 2. The van der Waals surface area contributed by atoms with Crippen molar-refractivity contribution >= 4 is 11.8 Å². The summed E-state index contributed by atoms with van der Waals surface area (Å²) in [7, 11) is 0. The summed E-state index contributed by atoms with van der Waals surface area (Å²) in [6.07, 6.45) is 7.28. The molecular weight excluding hydrogens is 413 g/mol. The lowest BCUT2D eigenvalue weighted by Gasteiger charge is -2.23. The van der Waals surface area contributed by atoms with Gasteiger partial charge in [-0.3, -0.25) is 9.59 Å². The number of hydrogen-bond donors (Lipinski definition) is 2. The van der Waals surface area contributed by atoms with E-state index in [4.69, 9.17) is 4.74 Å². The molecule has 2 fully saturated rings. The first-order chi connectivity index (χ1) is 15.5. The van der Waals surface area contributed by atoms with E-state index in [0.717, 1.165) is 23.9 Å². The lowest BCUT2D eigenvalue weighted by molar-refractivity contribution is -0.124. The lowest BCUT2D eigenvalue weighted by Crippen LogP contribution is -2.50. The van der Waals surface area contributed by atoms with Crippen molar-refractivity contribution in [2.24, 2.45) is 5.92 Å². The molecule has 4 rings (SSSR count). The molecule has 9 heteroatoms. The number of nitrogens with one attached hydrogen (secondary N) is 2. The fourth-order valence-electron chi connectivity index (χ4n) is 4.46. The Morgan fingerprint density at radius 2 is 2.28 bits per heavy atom. The summed E-state index contributed by atoms with van der Waals surface area (Å²) in [5.74, 6) is -0.764. The van der Waals surface area contributed by atoms with E-state index in [1.54, 1.807) is 12.1 Å². The van der Waals surface area contributed by atoms with Crippen LogP contribution < -0.4 is 10.6 Å². The van der Waals surface area contributed by atoms with Gasteiger partial charge in [0.15, 0.2) is 6.61 Å². The Bertz CT molecular complexity index is 1080. The average molecular weight is 437 g/mol. The number of aromatic nitrogens is 2. The molecule has 0 radical (unpaired) electrons. The predicted octanol–water partition coefficient (Wildman–Crippen LogP) is 2.18. The van der Waals surface area contributed by atoms with E-state index in [1.165, 1.54) is 24.7 Å². The van der Waals surface area contributed by atoms with Gasteiger partial charge in [0, 0.05) is 24.2 Å². The summed E-state index contributed by atoms with van der Waals surface area (Å²) in [6, 6.07) is 5.95. The highest BCUT2D eigenvalue weighted by Crippen LogP contribution is 2.35. The highest BCUT2D eigenvalue weighted by atomic mass is 19.1. The van der Waals surface area contributed by atoms with E-state index in [9.17, 15) is 19.2 Å². The van der Waals surface area contributed by atoms with Crippen LogP contribution in [0.5, 0.6) is 0 Å². The van der Waals surface area contributed by atoms with Gasteiger partial charge in [-0.05, 0) is 42.4 Å². The van der Waals surface area contributed by atoms with E-state index < -0.39 is 11.9 Å². The van der Waals surface area contributed by atoms with E-state index in [1.807, 2.05) is 0 Å². The summed E-state index contributed by atoms with van der Waals surface area (Å²) in [5.41, 5.74) is 1.43. The number of carbonyl (C=O) groups excluding carboxylic acids is 2. The van der Waals surface area contributed by atoms with Crippen LogP contribution in [0.15, 0.2) is 43.4 Å². The van der Waals surface area contributed by atoms with Crippen molar-refractivity contribution in [2.45, 2.75) is 43.8 Å². The molecule has 32 heavy (non-hydrogen) atoms. The quantitative estimate of drug-likeness (QED) is 0.613. The number of benzene rings is 1. The molecule has 166 valence electrons. The maximum absolute atomic E-state index is 14.8. The molecule has 0 unspecified atom stereocenters. The minimum absolute atomic E-state index is 0.0613. The molecule has 1 saturated carbocycles. The van der Waals surface area contributed by atoms with Gasteiger partial charge < -0.3 is 15.4 Å². The van der Waals surface area contributed by atoms with Gasteiger partial charge in [0.25, 0.3) is 5.91 Å². The van der Waals surface area contributed by atoms with Crippen LogP contribution in [0.4, 0.5) is 4.39 Å². The normalized spacial score (nSPS) is 22.2. The topological polar surface area (TPSA) is 109 Å². The maximum atomic E-state index is 14.8. The SMILES string of the molecule is C=COCC(=O)n1cc(-c2ccc(C[C@@H](C#N)NC(=O)[C@H]3N[C@@H]4CC[C@H]3C4)c(F)c2)cn1. The fourth-order valence-corrected chi connectivity index (χ4v) is 4.46. The zero-order valence-electron chi connectivity index (χ0n) is 17.5. The average Bonchev–Trinajstić information content (AvgIpc) is 3.55. The fraction of sp³-hybridized carbons (Fsp3) is 0.391. The molecule has 0 spiro atoms. The van der Waals surface area contributed by atoms with Gasteiger partial charge in [0.2, 0.25) is 5.91 Å². The van der Waals surface area contributed by atoms with Gasteiger partial charge in [0.1, 0.15) is 11.9 Å². The van der Waals surface area contributed by atoms with Crippen LogP contribution >= 0.6 is 0 Å². The van der Waals surface area contributed by atoms with Crippen molar-refractivity contribution < 1.29 is 18.7 Å². The van der Waals surface area contributed by atoms with E-state index in [-0.39, 0.29) is 30.9 Å². The van der Waals surface area contributed by atoms with E-state index >= 15 is 0 Å². The van der Waals surface area contributed by atoms with Crippen LogP contribution in [0.1, 0.15) is 29.6 Å². The highest BCUT2D eigenvalue weighted by molar-refractivity contribution is 5.83. The molecule has 1 aromatic heterocycles. The number of ether oxygens (including phenoxy) is 1. The van der Waals surface area contributed by atoms with Gasteiger partial charge in [0.05, 0.1) is 24.6 Å². The van der Waals surface area contributed by atoms with Crippen LogP contribution in [-0.2, 0) is 16.0 Å². The molecule has 1 aliphatic heterocycles. The molecule has 4 atom stereocenters. The molecular formula is C23H24FN5O3. The molecule has 2 N–H and O–H groups in total. The first-order valence-electron chi connectivity index (χ1n) is 10.5. The summed E-state index contributed by atoms with van der Waals surface area (Å²) < 4.78 is 20.7. The molecule has 1 aromatic carbocycles. The van der Waals surface area contributed by atoms with Crippen LogP contribution in [0.25, 0.3) is 11.1 Å². The lowest BCUT2D eigenvalue weighted by atomic mass is 9.98.